The van der Waals surface area contributed by atoms with Crippen LogP contribution in [0.5, 0.6) is 0 Å². The SMILES string of the molecule is CC(C)(C)c1ccc(NS(=O)(=O)Nc2cc(C(C)(C)C)nn2-c2ccc(F)cc2)cc1. The van der Waals surface area contributed by atoms with Gasteiger partial charge in [-0.05, 0) is 47.4 Å². The first-order valence-electron chi connectivity index (χ1n) is 10.0. The van der Waals surface area contributed by atoms with Gasteiger partial charge in [0.15, 0.2) is 0 Å². The molecule has 0 unspecified atom stereocenters. The summed E-state index contributed by atoms with van der Waals surface area (Å²) < 4.78 is 45.6. The van der Waals surface area contributed by atoms with E-state index in [2.05, 4.69) is 35.3 Å². The molecule has 8 heteroatoms. The van der Waals surface area contributed by atoms with Gasteiger partial charge in [-0.25, -0.2) is 9.07 Å². The Bertz CT molecular complexity index is 1150. The van der Waals surface area contributed by atoms with Crippen molar-refractivity contribution in [2.24, 2.45) is 0 Å². The zero-order valence-electron chi connectivity index (χ0n) is 18.7. The summed E-state index contributed by atoms with van der Waals surface area (Å²) in [5.74, 6) is -0.121. The van der Waals surface area contributed by atoms with Crippen molar-refractivity contribution >= 4 is 21.7 Å². The van der Waals surface area contributed by atoms with E-state index in [0.717, 1.165) is 5.56 Å². The molecule has 6 nitrogen and oxygen atoms in total. The fraction of sp³-hybridized carbons (Fsp3) is 0.348. The Labute approximate surface area is 183 Å². The van der Waals surface area contributed by atoms with Gasteiger partial charge in [-0.3, -0.25) is 9.44 Å². The van der Waals surface area contributed by atoms with Crippen molar-refractivity contribution in [3.63, 3.8) is 0 Å². The Hall–Kier alpha value is -2.87. The van der Waals surface area contributed by atoms with Gasteiger partial charge in [-0.15, -0.1) is 0 Å². The lowest BCUT2D eigenvalue weighted by Crippen LogP contribution is -2.23. The van der Waals surface area contributed by atoms with Crippen molar-refractivity contribution < 1.29 is 12.8 Å². The highest BCUT2D eigenvalue weighted by Gasteiger charge is 2.23. The van der Waals surface area contributed by atoms with E-state index in [1.54, 1.807) is 30.3 Å². The molecule has 0 aliphatic heterocycles. The Balaban J connectivity index is 1.91. The van der Waals surface area contributed by atoms with Crippen LogP contribution in [-0.4, -0.2) is 18.2 Å². The molecule has 31 heavy (non-hydrogen) atoms. The number of nitrogens with one attached hydrogen (secondary N) is 2. The van der Waals surface area contributed by atoms with Gasteiger partial charge in [0.1, 0.15) is 11.6 Å². The number of benzene rings is 2. The molecular formula is C23H29FN4O2S. The molecule has 3 aromatic rings. The van der Waals surface area contributed by atoms with Gasteiger partial charge >= 0.3 is 10.2 Å². The molecule has 0 saturated carbocycles. The van der Waals surface area contributed by atoms with Gasteiger partial charge in [-0.1, -0.05) is 53.7 Å². The van der Waals surface area contributed by atoms with Crippen molar-refractivity contribution in [1.82, 2.24) is 9.78 Å². The first-order chi connectivity index (χ1) is 14.2. The lowest BCUT2D eigenvalue weighted by molar-refractivity contribution is 0.560. The van der Waals surface area contributed by atoms with Crippen LogP contribution in [0.2, 0.25) is 0 Å². The van der Waals surface area contributed by atoms with E-state index in [4.69, 9.17) is 0 Å². The van der Waals surface area contributed by atoms with Crippen molar-refractivity contribution in [2.45, 2.75) is 52.4 Å². The topological polar surface area (TPSA) is 76.0 Å². The molecule has 0 amide bonds. The lowest BCUT2D eigenvalue weighted by Gasteiger charge is -2.19. The van der Waals surface area contributed by atoms with Gasteiger partial charge in [-0.2, -0.15) is 13.5 Å². The first-order valence-corrected chi connectivity index (χ1v) is 11.5. The number of aromatic nitrogens is 2. The predicted octanol–water partition coefficient (Wildman–Crippen LogP) is 5.38. The highest BCUT2D eigenvalue weighted by molar-refractivity contribution is 7.94. The Morgan fingerprint density at radius 1 is 0.839 bits per heavy atom. The van der Waals surface area contributed by atoms with Crippen molar-refractivity contribution in [3.05, 3.63) is 71.7 Å². The quantitative estimate of drug-likeness (QED) is 0.555. The smallest absolute Gasteiger partial charge is 0.267 e. The first kappa shape index (κ1) is 22.8. The van der Waals surface area contributed by atoms with Crippen LogP contribution in [0.15, 0.2) is 54.6 Å². The molecular weight excluding hydrogens is 415 g/mol. The maximum atomic E-state index is 13.4. The molecule has 0 saturated heterocycles. The average Bonchev–Trinajstić information content (AvgIpc) is 3.05. The monoisotopic (exact) mass is 444 g/mol. The second kappa shape index (κ2) is 8.00. The largest absolute Gasteiger partial charge is 0.322 e. The molecule has 2 aromatic carbocycles. The molecule has 3 rings (SSSR count). The summed E-state index contributed by atoms with van der Waals surface area (Å²) in [6, 6.07) is 14.7. The van der Waals surface area contributed by atoms with Crippen LogP contribution < -0.4 is 9.44 Å². The fourth-order valence-electron chi connectivity index (χ4n) is 2.96. The van der Waals surface area contributed by atoms with E-state index in [9.17, 15) is 12.8 Å². The summed E-state index contributed by atoms with van der Waals surface area (Å²) in [6.45, 7) is 12.2. The standard InChI is InChI=1S/C23H29FN4O2S/c1-22(2,3)16-7-11-18(12-8-16)26-31(29,30)27-21-15-20(23(4,5)6)25-28(21)19-13-9-17(24)10-14-19/h7-15,26-27H,1-6H3. The van der Waals surface area contributed by atoms with Crippen LogP contribution in [0.3, 0.4) is 0 Å². The molecule has 166 valence electrons. The zero-order valence-corrected chi connectivity index (χ0v) is 19.5. The normalized spacial score (nSPS) is 12.6. The number of rotatable bonds is 5. The fourth-order valence-corrected chi connectivity index (χ4v) is 3.87. The summed E-state index contributed by atoms with van der Waals surface area (Å²) in [6.07, 6.45) is 0. The summed E-state index contributed by atoms with van der Waals surface area (Å²) in [7, 11) is -3.94. The molecule has 0 spiro atoms. The second-order valence-electron chi connectivity index (χ2n) is 9.59. The lowest BCUT2D eigenvalue weighted by atomic mass is 9.87. The third-order valence-electron chi connectivity index (χ3n) is 4.79. The van der Waals surface area contributed by atoms with Crippen LogP contribution in [0.4, 0.5) is 15.9 Å². The maximum absolute atomic E-state index is 13.4. The molecule has 0 bridgehead atoms. The molecule has 2 N–H and O–H groups in total. The summed E-state index contributed by atoms with van der Waals surface area (Å²) >= 11 is 0. The van der Waals surface area contributed by atoms with E-state index in [1.807, 2.05) is 32.9 Å². The highest BCUT2D eigenvalue weighted by atomic mass is 32.2. The minimum Gasteiger partial charge on any atom is -0.267 e. The van der Waals surface area contributed by atoms with Crippen LogP contribution in [0.25, 0.3) is 5.69 Å². The Kier molecular flexibility index (Phi) is 5.88. The molecule has 0 aliphatic carbocycles. The van der Waals surface area contributed by atoms with Crippen molar-refractivity contribution in [2.75, 3.05) is 9.44 Å². The molecule has 1 heterocycles. The number of hydrogen-bond donors (Lipinski definition) is 2. The maximum Gasteiger partial charge on any atom is 0.322 e. The number of nitrogens with zero attached hydrogens (tertiary/aromatic N) is 2. The third kappa shape index (κ3) is 5.64. The predicted molar refractivity (Wildman–Crippen MR) is 124 cm³/mol. The molecule has 0 fully saturated rings. The average molecular weight is 445 g/mol. The van der Waals surface area contributed by atoms with Crippen molar-refractivity contribution in [3.8, 4) is 5.69 Å². The van der Waals surface area contributed by atoms with E-state index in [1.165, 1.54) is 16.8 Å². The summed E-state index contributed by atoms with van der Waals surface area (Å²) in [5.41, 5.74) is 2.47. The zero-order chi connectivity index (χ0) is 23.0. The van der Waals surface area contributed by atoms with Gasteiger partial charge in [0.05, 0.1) is 17.1 Å². The molecule has 0 atom stereocenters. The van der Waals surface area contributed by atoms with E-state index in [0.29, 0.717) is 17.1 Å². The number of halogens is 1. The minimum absolute atomic E-state index is 0.0271. The van der Waals surface area contributed by atoms with E-state index < -0.39 is 10.2 Å². The van der Waals surface area contributed by atoms with Gasteiger partial charge in [0, 0.05) is 11.5 Å². The summed E-state index contributed by atoms with van der Waals surface area (Å²) in [5, 5.41) is 4.55. The second-order valence-corrected chi connectivity index (χ2v) is 11.0. The third-order valence-corrected chi connectivity index (χ3v) is 5.77. The van der Waals surface area contributed by atoms with Crippen molar-refractivity contribution in [1.29, 1.82) is 0 Å². The number of anilines is 2. The van der Waals surface area contributed by atoms with E-state index >= 15 is 0 Å². The van der Waals surface area contributed by atoms with Crippen LogP contribution >= 0.6 is 0 Å². The Morgan fingerprint density at radius 3 is 1.94 bits per heavy atom. The van der Waals surface area contributed by atoms with Gasteiger partial charge in [0.2, 0.25) is 0 Å². The minimum atomic E-state index is -3.94. The highest BCUT2D eigenvalue weighted by Crippen LogP contribution is 2.28. The van der Waals surface area contributed by atoms with Crippen LogP contribution in [-0.2, 0) is 21.0 Å². The number of hydrogen-bond acceptors (Lipinski definition) is 3. The molecule has 0 radical (unpaired) electrons. The van der Waals surface area contributed by atoms with Gasteiger partial charge < -0.3 is 0 Å². The van der Waals surface area contributed by atoms with Gasteiger partial charge in [0.25, 0.3) is 0 Å². The van der Waals surface area contributed by atoms with Crippen LogP contribution in [0.1, 0.15) is 52.8 Å². The van der Waals surface area contributed by atoms with E-state index in [-0.39, 0.29) is 22.5 Å². The molecule has 0 aliphatic rings. The summed E-state index contributed by atoms with van der Waals surface area (Å²) in [4.78, 5) is 0. The molecule has 1 aromatic heterocycles. The van der Waals surface area contributed by atoms with Crippen LogP contribution in [0, 0.1) is 5.82 Å². The Morgan fingerprint density at radius 2 is 1.42 bits per heavy atom.